The highest BCUT2D eigenvalue weighted by Gasteiger charge is 2.28. The number of hydrogen-bond donors (Lipinski definition) is 3. The molecule has 6 nitrogen and oxygen atoms in total. The Hall–Kier alpha value is -1.79. The zero-order valence-corrected chi connectivity index (χ0v) is 12.4. The molecule has 0 bridgehead atoms. The number of carboxylic acid groups (broad SMARTS) is 1. The lowest BCUT2D eigenvalue weighted by molar-refractivity contribution is -0.143. The molecule has 0 radical (unpaired) electrons. The quantitative estimate of drug-likeness (QED) is 0.725. The molecule has 0 aliphatic carbocycles. The maximum atomic E-state index is 11.0. The minimum atomic E-state index is -0.804. The Bertz CT molecular complexity index is 512. The number of carbonyl (C=O) groups is 1. The van der Waals surface area contributed by atoms with Crippen LogP contribution in [0.2, 0.25) is 0 Å². The molecule has 0 spiro atoms. The summed E-state index contributed by atoms with van der Waals surface area (Å²) in [5.41, 5.74) is 0.690. The lowest BCUT2D eigenvalue weighted by Gasteiger charge is -2.39. The monoisotopic (exact) mass is 294 g/mol. The Labute approximate surface area is 124 Å². The van der Waals surface area contributed by atoms with Gasteiger partial charge >= 0.3 is 5.97 Å². The van der Waals surface area contributed by atoms with E-state index in [1.165, 1.54) is 12.1 Å². The van der Waals surface area contributed by atoms with Crippen LogP contribution in [0.3, 0.4) is 0 Å². The van der Waals surface area contributed by atoms with Crippen molar-refractivity contribution in [2.75, 3.05) is 26.2 Å². The second-order valence-electron chi connectivity index (χ2n) is 5.51. The molecule has 1 aromatic carbocycles. The van der Waals surface area contributed by atoms with E-state index in [-0.39, 0.29) is 17.5 Å². The molecule has 1 fully saturated rings. The molecule has 2 atom stereocenters. The van der Waals surface area contributed by atoms with Crippen LogP contribution in [0, 0.1) is 0 Å². The van der Waals surface area contributed by atoms with Crippen molar-refractivity contribution in [1.29, 1.82) is 0 Å². The van der Waals surface area contributed by atoms with E-state index in [9.17, 15) is 15.0 Å². The molecule has 2 unspecified atom stereocenters. The summed E-state index contributed by atoms with van der Waals surface area (Å²) in [6, 6.07) is 4.02. The third-order valence-electron chi connectivity index (χ3n) is 4.26. The third-order valence-corrected chi connectivity index (χ3v) is 4.26. The molecule has 1 aliphatic heterocycles. The Morgan fingerprint density at radius 1 is 1.10 bits per heavy atom. The van der Waals surface area contributed by atoms with Gasteiger partial charge in [-0.05, 0) is 32.0 Å². The predicted octanol–water partition coefficient (Wildman–Crippen LogP) is 1.25. The molecular formula is C15H22N2O4. The van der Waals surface area contributed by atoms with E-state index < -0.39 is 12.0 Å². The van der Waals surface area contributed by atoms with Gasteiger partial charge < -0.3 is 15.3 Å². The molecule has 2 rings (SSSR count). The van der Waals surface area contributed by atoms with Gasteiger partial charge in [-0.1, -0.05) is 0 Å². The van der Waals surface area contributed by atoms with Gasteiger partial charge in [0.05, 0.1) is 0 Å². The minimum absolute atomic E-state index is 0.0283. The van der Waals surface area contributed by atoms with Gasteiger partial charge in [-0.25, -0.2) is 0 Å². The average molecular weight is 294 g/mol. The molecule has 3 N–H and O–H groups in total. The second-order valence-corrected chi connectivity index (χ2v) is 5.51. The number of benzene rings is 1. The largest absolute Gasteiger partial charge is 0.508 e. The first kappa shape index (κ1) is 15.6. The number of carboxylic acids is 1. The zero-order chi connectivity index (χ0) is 15.6. The molecule has 1 saturated heterocycles. The smallest absolute Gasteiger partial charge is 0.320 e. The van der Waals surface area contributed by atoms with Crippen molar-refractivity contribution >= 4 is 5.97 Å². The van der Waals surface area contributed by atoms with Crippen LogP contribution < -0.4 is 0 Å². The van der Waals surface area contributed by atoms with Crippen molar-refractivity contribution in [3.8, 4) is 11.5 Å². The maximum Gasteiger partial charge on any atom is 0.320 e. The summed E-state index contributed by atoms with van der Waals surface area (Å²) in [6.45, 7) is 6.49. The summed E-state index contributed by atoms with van der Waals surface area (Å²) >= 11 is 0. The van der Waals surface area contributed by atoms with E-state index in [4.69, 9.17) is 5.11 Å². The van der Waals surface area contributed by atoms with Crippen LogP contribution >= 0.6 is 0 Å². The van der Waals surface area contributed by atoms with Crippen molar-refractivity contribution in [1.82, 2.24) is 9.80 Å². The SMILES string of the molecule is CC(C(=O)O)N1CCN(C(C)c2cc(O)ccc2O)CC1. The topological polar surface area (TPSA) is 84.2 Å². The number of hydrogen-bond acceptors (Lipinski definition) is 5. The van der Waals surface area contributed by atoms with E-state index in [1.807, 2.05) is 11.8 Å². The first-order valence-corrected chi connectivity index (χ1v) is 7.13. The Morgan fingerprint density at radius 3 is 2.24 bits per heavy atom. The molecule has 1 aliphatic rings. The fourth-order valence-electron chi connectivity index (χ4n) is 2.74. The normalized spacial score (nSPS) is 20.1. The van der Waals surface area contributed by atoms with Crippen molar-refractivity contribution in [3.63, 3.8) is 0 Å². The van der Waals surface area contributed by atoms with Crippen molar-refractivity contribution in [2.45, 2.75) is 25.9 Å². The van der Waals surface area contributed by atoms with Crippen LogP contribution in [0.1, 0.15) is 25.5 Å². The minimum Gasteiger partial charge on any atom is -0.508 e. The first-order valence-electron chi connectivity index (χ1n) is 7.13. The van der Waals surface area contributed by atoms with Gasteiger partial charge in [-0.2, -0.15) is 0 Å². The fraction of sp³-hybridized carbons (Fsp3) is 0.533. The van der Waals surface area contributed by atoms with Gasteiger partial charge in [0.15, 0.2) is 0 Å². The molecule has 1 heterocycles. The Morgan fingerprint density at radius 2 is 1.67 bits per heavy atom. The number of phenols is 2. The molecule has 116 valence electrons. The molecule has 0 saturated carbocycles. The number of aromatic hydroxyl groups is 2. The number of piperazine rings is 1. The van der Waals surface area contributed by atoms with Gasteiger partial charge in [0.25, 0.3) is 0 Å². The van der Waals surface area contributed by atoms with Gasteiger partial charge in [0, 0.05) is 37.8 Å². The summed E-state index contributed by atoms with van der Waals surface area (Å²) in [6.07, 6.45) is 0. The van der Waals surface area contributed by atoms with Crippen molar-refractivity contribution in [2.24, 2.45) is 0 Å². The highest BCUT2D eigenvalue weighted by Crippen LogP contribution is 2.31. The summed E-state index contributed by atoms with van der Waals surface area (Å²) in [7, 11) is 0. The molecule has 0 aromatic heterocycles. The number of aliphatic carboxylic acids is 1. The van der Waals surface area contributed by atoms with E-state index in [0.717, 1.165) is 13.1 Å². The van der Waals surface area contributed by atoms with Crippen molar-refractivity contribution < 1.29 is 20.1 Å². The van der Waals surface area contributed by atoms with Crippen LogP contribution in [-0.2, 0) is 4.79 Å². The van der Waals surface area contributed by atoms with E-state index >= 15 is 0 Å². The van der Waals surface area contributed by atoms with Crippen molar-refractivity contribution in [3.05, 3.63) is 23.8 Å². The van der Waals surface area contributed by atoms with E-state index in [0.29, 0.717) is 18.7 Å². The lowest BCUT2D eigenvalue weighted by Crippen LogP contribution is -2.52. The zero-order valence-electron chi connectivity index (χ0n) is 12.4. The van der Waals surface area contributed by atoms with Gasteiger partial charge in [-0.3, -0.25) is 14.6 Å². The van der Waals surface area contributed by atoms with Gasteiger partial charge in [-0.15, -0.1) is 0 Å². The van der Waals surface area contributed by atoms with Crippen LogP contribution in [0.4, 0.5) is 0 Å². The second kappa shape index (κ2) is 6.32. The molecule has 1 aromatic rings. The van der Waals surface area contributed by atoms with E-state index in [2.05, 4.69) is 4.90 Å². The maximum absolute atomic E-state index is 11.0. The summed E-state index contributed by atoms with van der Waals surface area (Å²) in [4.78, 5) is 15.1. The summed E-state index contributed by atoms with van der Waals surface area (Å²) < 4.78 is 0. The number of phenolic OH excluding ortho intramolecular Hbond substituents is 2. The number of rotatable bonds is 4. The van der Waals surface area contributed by atoms with Gasteiger partial charge in [0.1, 0.15) is 17.5 Å². The molecule has 21 heavy (non-hydrogen) atoms. The highest BCUT2D eigenvalue weighted by atomic mass is 16.4. The average Bonchev–Trinajstić information content (AvgIpc) is 2.48. The van der Waals surface area contributed by atoms with Crippen LogP contribution in [0.5, 0.6) is 11.5 Å². The Balaban J connectivity index is 2.01. The standard InChI is InChI=1S/C15H22N2O4/c1-10(13-9-12(18)3-4-14(13)19)16-5-7-17(8-6-16)11(2)15(20)21/h3-4,9-11,18-19H,5-8H2,1-2H3,(H,20,21). The summed E-state index contributed by atoms with van der Waals surface area (Å²) in [5.74, 6) is -0.503. The summed E-state index contributed by atoms with van der Waals surface area (Å²) in [5, 5.41) is 28.5. The van der Waals surface area contributed by atoms with Crippen LogP contribution in [-0.4, -0.2) is 63.3 Å². The highest BCUT2D eigenvalue weighted by molar-refractivity contribution is 5.72. The number of nitrogens with zero attached hydrogens (tertiary/aromatic N) is 2. The molecule has 0 amide bonds. The third kappa shape index (κ3) is 3.46. The molecular weight excluding hydrogens is 272 g/mol. The lowest BCUT2D eigenvalue weighted by atomic mass is 10.0. The Kier molecular flexibility index (Phi) is 4.69. The first-order chi connectivity index (χ1) is 9.90. The van der Waals surface area contributed by atoms with Gasteiger partial charge in [0.2, 0.25) is 0 Å². The fourth-order valence-corrected chi connectivity index (χ4v) is 2.74. The van der Waals surface area contributed by atoms with Crippen LogP contribution in [0.25, 0.3) is 0 Å². The molecule has 6 heteroatoms. The van der Waals surface area contributed by atoms with E-state index in [1.54, 1.807) is 13.0 Å². The van der Waals surface area contributed by atoms with Crippen LogP contribution in [0.15, 0.2) is 18.2 Å². The predicted molar refractivity (Wildman–Crippen MR) is 78.4 cm³/mol.